The smallest absolute Gasteiger partial charge is 0.274 e. The van der Waals surface area contributed by atoms with E-state index in [1.54, 1.807) is 32.3 Å². The molecule has 0 unspecified atom stereocenters. The molecule has 3 aromatic rings. The molecule has 9 heteroatoms. The summed E-state index contributed by atoms with van der Waals surface area (Å²) in [6.07, 6.45) is 3.15. The van der Waals surface area contributed by atoms with E-state index in [0.29, 0.717) is 5.56 Å². The molecule has 0 spiro atoms. The van der Waals surface area contributed by atoms with Crippen molar-refractivity contribution in [1.82, 2.24) is 19.6 Å². The average molecular weight is 321 g/mol. The fourth-order valence-electron chi connectivity index (χ4n) is 1.91. The van der Waals surface area contributed by atoms with E-state index in [4.69, 9.17) is 0 Å². The van der Waals surface area contributed by atoms with Gasteiger partial charge in [-0.05, 0) is 31.0 Å². The van der Waals surface area contributed by atoms with E-state index in [1.165, 1.54) is 16.6 Å². The lowest BCUT2D eigenvalue weighted by Gasteiger charge is -2.08. The molecule has 0 radical (unpaired) electrons. The molecule has 0 aliphatic rings. The fourth-order valence-corrected chi connectivity index (χ4v) is 2.93. The normalized spacial score (nSPS) is 11.8. The number of sulfonamides is 1. The van der Waals surface area contributed by atoms with Crippen LogP contribution in [-0.4, -0.2) is 28.0 Å². The molecule has 0 bridgehead atoms. The van der Waals surface area contributed by atoms with Crippen LogP contribution in [0, 0.1) is 19.7 Å². The number of hydrogen-bond donors (Lipinski definition) is 1. The van der Waals surface area contributed by atoms with Gasteiger partial charge in [-0.25, -0.2) is 13.9 Å². The third-order valence-corrected chi connectivity index (χ3v) is 4.13. The second-order valence-electron chi connectivity index (χ2n) is 4.81. The van der Waals surface area contributed by atoms with Crippen LogP contribution in [0.25, 0.3) is 5.78 Å². The minimum absolute atomic E-state index is 0.120. The number of anilines is 1. The predicted molar refractivity (Wildman–Crippen MR) is 77.5 cm³/mol. The van der Waals surface area contributed by atoms with Gasteiger partial charge in [0.05, 0.1) is 5.69 Å². The minimum atomic E-state index is -4.11. The highest BCUT2D eigenvalue weighted by Gasteiger charge is 2.23. The molecule has 0 aliphatic carbocycles. The zero-order valence-corrected chi connectivity index (χ0v) is 12.6. The lowest BCUT2D eigenvalue weighted by Crippen LogP contribution is -2.16. The topological polar surface area (TPSA) is 89.2 Å². The van der Waals surface area contributed by atoms with Gasteiger partial charge in [0.1, 0.15) is 5.82 Å². The van der Waals surface area contributed by atoms with E-state index in [-0.39, 0.29) is 11.5 Å². The van der Waals surface area contributed by atoms with Crippen LogP contribution in [-0.2, 0) is 10.0 Å². The molecule has 0 atom stereocenters. The number of rotatable bonds is 3. The molecule has 3 rings (SSSR count). The lowest BCUT2D eigenvalue weighted by molar-refractivity contribution is 0.590. The first-order valence-corrected chi connectivity index (χ1v) is 7.82. The third-order valence-electron chi connectivity index (χ3n) is 3.00. The van der Waals surface area contributed by atoms with Crippen LogP contribution in [0.15, 0.2) is 35.7 Å². The highest BCUT2D eigenvalue weighted by atomic mass is 32.2. The zero-order valence-electron chi connectivity index (χ0n) is 11.8. The quantitative estimate of drug-likeness (QED) is 0.793. The maximum absolute atomic E-state index is 13.8. The Balaban J connectivity index is 2.05. The molecule has 0 amide bonds. The average Bonchev–Trinajstić information content (AvgIpc) is 2.87. The maximum atomic E-state index is 13.8. The second-order valence-corrected chi connectivity index (χ2v) is 6.38. The summed E-state index contributed by atoms with van der Waals surface area (Å²) in [6, 6.07) is 4.27. The van der Waals surface area contributed by atoms with Gasteiger partial charge in [-0.15, -0.1) is 5.10 Å². The van der Waals surface area contributed by atoms with Gasteiger partial charge in [0, 0.05) is 12.4 Å². The van der Waals surface area contributed by atoms with Crippen LogP contribution in [0.4, 0.5) is 10.1 Å². The van der Waals surface area contributed by atoms with Gasteiger partial charge in [-0.2, -0.15) is 13.4 Å². The largest absolute Gasteiger partial charge is 0.299 e. The van der Waals surface area contributed by atoms with Gasteiger partial charge in [-0.1, -0.05) is 12.1 Å². The molecule has 22 heavy (non-hydrogen) atoms. The van der Waals surface area contributed by atoms with E-state index in [9.17, 15) is 12.8 Å². The summed E-state index contributed by atoms with van der Waals surface area (Å²) in [5.74, 6) is -0.516. The second kappa shape index (κ2) is 5.02. The number of fused-ring (bicyclic) bond motifs is 1. The monoisotopic (exact) mass is 321 g/mol. The number of benzene rings is 1. The SMILES string of the molecule is Cc1cnc2nc(S(=O)(=O)Nc3c(C)cccc3F)nn2c1. The Kier molecular flexibility index (Phi) is 3.28. The molecular formula is C13H12FN5O2S. The summed E-state index contributed by atoms with van der Waals surface area (Å²) >= 11 is 0. The summed E-state index contributed by atoms with van der Waals surface area (Å²) in [7, 11) is -4.11. The van der Waals surface area contributed by atoms with E-state index in [2.05, 4.69) is 19.8 Å². The summed E-state index contributed by atoms with van der Waals surface area (Å²) < 4.78 is 41.8. The highest BCUT2D eigenvalue weighted by Crippen LogP contribution is 2.21. The molecular weight excluding hydrogens is 309 g/mol. The van der Waals surface area contributed by atoms with Crippen molar-refractivity contribution in [3.05, 3.63) is 47.5 Å². The van der Waals surface area contributed by atoms with Crippen molar-refractivity contribution in [3.63, 3.8) is 0 Å². The van der Waals surface area contributed by atoms with Crippen LogP contribution in [0.3, 0.4) is 0 Å². The van der Waals surface area contributed by atoms with Crippen LogP contribution in [0.1, 0.15) is 11.1 Å². The van der Waals surface area contributed by atoms with Crippen molar-refractivity contribution in [2.45, 2.75) is 19.0 Å². The zero-order chi connectivity index (χ0) is 15.9. The molecule has 2 aromatic heterocycles. The Hall–Kier alpha value is -2.55. The maximum Gasteiger partial charge on any atom is 0.299 e. The number of nitrogens with zero attached hydrogens (tertiary/aromatic N) is 4. The number of para-hydroxylation sites is 1. The van der Waals surface area contributed by atoms with E-state index >= 15 is 0 Å². The van der Waals surface area contributed by atoms with Gasteiger partial charge in [0.15, 0.2) is 0 Å². The molecule has 0 saturated carbocycles. The van der Waals surface area contributed by atoms with E-state index in [0.717, 1.165) is 5.56 Å². The first kappa shape index (κ1) is 14.4. The molecule has 0 saturated heterocycles. The van der Waals surface area contributed by atoms with Gasteiger partial charge in [0.2, 0.25) is 0 Å². The first-order chi connectivity index (χ1) is 10.4. The minimum Gasteiger partial charge on any atom is -0.274 e. The lowest BCUT2D eigenvalue weighted by atomic mass is 10.2. The Bertz CT molecular complexity index is 947. The third kappa shape index (κ3) is 2.50. The Morgan fingerprint density at radius 3 is 2.77 bits per heavy atom. The number of aryl methyl sites for hydroxylation is 2. The Morgan fingerprint density at radius 1 is 1.27 bits per heavy atom. The number of nitrogens with one attached hydrogen (secondary N) is 1. The molecule has 7 nitrogen and oxygen atoms in total. The van der Waals surface area contributed by atoms with Gasteiger partial charge < -0.3 is 0 Å². The van der Waals surface area contributed by atoms with Crippen molar-refractivity contribution >= 4 is 21.5 Å². The summed E-state index contributed by atoms with van der Waals surface area (Å²) in [4.78, 5) is 7.83. The standard InChI is InChI=1S/C13H12FN5O2S/c1-8-6-15-12-16-13(17-19(12)7-8)22(20,21)18-11-9(2)4-3-5-10(11)14/h3-7,18H,1-2H3. The van der Waals surface area contributed by atoms with Crippen molar-refractivity contribution in [2.75, 3.05) is 4.72 Å². The predicted octanol–water partition coefficient (Wildman–Crippen LogP) is 1.68. The molecule has 0 aliphatic heterocycles. The van der Waals surface area contributed by atoms with Gasteiger partial charge in [0.25, 0.3) is 21.0 Å². The Morgan fingerprint density at radius 2 is 2.05 bits per heavy atom. The summed E-state index contributed by atoms with van der Waals surface area (Å²) in [6.45, 7) is 3.40. The van der Waals surface area contributed by atoms with Gasteiger partial charge in [-0.3, -0.25) is 4.72 Å². The number of aromatic nitrogens is 4. The Labute approximate surface area is 125 Å². The van der Waals surface area contributed by atoms with E-state index in [1.807, 2.05) is 0 Å². The van der Waals surface area contributed by atoms with Crippen LogP contribution < -0.4 is 4.72 Å². The van der Waals surface area contributed by atoms with Gasteiger partial charge >= 0.3 is 0 Å². The first-order valence-electron chi connectivity index (χ1n) is 6.34. The van der Waals surface area contributed by atoms with Crippen molar-refractivity contribution in [3.8, 4) is 0 Å². The summed E-state index contributed by atoms with van der Waals surface area (Å²) in [5.41, 5.74) is 1.14. The summed E-state index contributed by atoms with van der Waals surface area (Å²) in [5, 5.41) is 3.41. The highest BCUT2D eigenvalue weighted by molar-refractivity contribution is 7.92. The van der Waals surface area contributed by atoms with Crippen LogP contribution in [0.5, 0.6) is 0 Å². The molecule has 0 fully saturated rings. The van der Waals surface area contributed by atoms with Crippen LogP contribution in [0.2, 0.25) is 0 Å². The van der Waals surface area contributed by atoms with Crippen molar-refractivity contribution < 1.29 is 12.8 Å². The van der Waals surface area contributed by atoms with Crippen LogP contribution >= 0.6 is 0 Å². The van der Waals surface area contributed by atoms with Crippen molar-refractivity contribution in [2.24, 2.45) is 0 Å². The fraction of sp³-hybridized carbons (Fsp3) is 0.154. The molecule has 2 heterocycles. The molecule has 1 aromatic carbocycles. The number of halogens is 1. The number of hydrogen-bond acceptors (Lipinski definition) is 5. The molecule has 1 N–H and O–H groups in total. The molecule has 114 valence electrons. The van der Waals surface area contributed by atoms with E-state index < -0.39 is 21.0 Å². The van der Waals surface area contributed by atoms with Crippen molar-refractivity contribution in [1.29, 1.82) is 0 Å².